The van der Waals surface area contributed by atoms with Gasteiger partial charge in [0.25, 0.3) is 5.69 Å². The van der Waals surface area contributed by atoms with Gasteiger partial charge in [0.15, 0.2) is 5.75 Å². The second kappa shape index (κ2) is 8.07. The minimum atomic E-state index is -0.822. The molecular weight excluding hydrogens is 300 g/mol. The molecule has 0 heterocycles. The number of hydrogen-bond acceptors (Lipinski definition) is 5. The van der Waals surface area contributed by atoms with Gasteiger partial charge in [-0.25, -0.2) is 0 Å². The van der Waals surface area contributed by atoms with Gasteiger partial charge >= 0.3 is 5.69 Å². The van der Waals surface area contributed by atoms with E-state index in [1.54, 1.807) is 0 Å². The topological polar surface area (TPSA) is 107 Å². The first-order valence-electron chi connectivity index (χ1n) is 7.16. The zero-order valence-corrected chi connectivity index (χ0v) is 13.4. The summed E-state index contributed by atoms with van der Waals surface area (Å²) in [6, 6.07) is 1.94. The Kier molecular flexibility index (Phi) is 6.44. The van der Waals surface area contributed by atoms with Crippen LogP contribution in [0.4, 0.5) is 11.4 Å². The number of benzene rings is 1. The summed E-state index contributed by atoms with van der Waals surface area (Å²) in [5.74, 6) is -0.519. The van der Waals surface area contributed by atoms with E-state index in [0.717, 1.165) is 24.5 Å². The molecule has 7 heteroatoms. The maximum absolute atomic E-state index is 10.9. The van der Waals surface area contributed by atoms with E-state index in [4.69, 9.17) is 0 Å². The lowest BCUT2D eigenvalue weighted by atomic mass is 10.0. The van der Waals surface area contributed by atoms with Crippen LogP contribution < -0.4 is 0 Å². The molecule has 0 fully saturated rings. The van der Waals surface area contributed by atoms with Crippen molar-refractivity contribution in [3.8, 4) is 5.75 Å². The van der Waals surface area contributed by atoms with Crippen molar-refractivity contribution in [3.05, 3.63) is 61.2 Å². The van der Waals surface area contributed by atoms with Crippen LogP contribution in [-0.4, -0.2) is 15.0 Å². The SMILES string of the molecule is CC(C)=CCCC(C)=CCc1cc([N+](=O)[O-])cc([N+](=O)[O-])c1O. The van der Waals surface area contributed by atoms with Crippen molar-refractivity contribution >= 4 is 11.4 Å². The second-order valence-electron chi connectivity index (χ2n) is 5.56. The molecule has 0 atom stereocenters. The number of nitrogens with zero attached hydrogens (tertiary/aromatic N) is 2. The fourth-order valence-corrected chi connectivity index (χ4v) is 2.04. The Hall–Kier alpha value is -2.70. The molecular formula is C16H20N2O5. The molecule has 23 heavy (non-hydrogen) atoms. The van der Waals surface area contributed by atoms with Crippen LogP contribution in [0.1, 0.15) is 39.2 Å². The number of aromatic hydroxyl groups is 1. The van der Waals surface area contributed by atoms with E-state index in [1.165, 1.54) is 11.6 Å². The van der Waals surface area contributed by atoms with Crippen molar-refractivity contribution in [2.24, 2.45) is 0 Å². The summed E-state index contributed by atoms with van der Waals surface area (Å²) in [5, 5.41) is 31.7. The maximum atomic E-state index is 10.9. The van der Waals surface area contributed by atoms with Crippen LogP contribution in [0, 0.1) is 20.2 Å². The van der Waals surface area contributed by atoms with Crippen LogP contribution in [0.15, 0.2) is 35.4 Å². The smallest absolute Gasteiger partial charge is 0.317 e. The number of allylic oxidation sites excluding steroid dienone is 4. The highest BCUT2D eigenvalue weighted by atomic mass is 16.6. The average Bonchev–Trinajstić information content (AvgIpc) is 2.45. The summed E-state index contributed by atoms with van der Waals surface area (Å²) in [5.41, 5.74) is 1.40. The highest BCUT2D eigenvalue weighted by Gasteiger charge is 2.23. The summed E-state index contributed by atoms with van der Waals surface area (Å²) in [4.78, 5) is 20.2. The molecule has 0 aromatic heterocycles. The molecule has 0 bridgehead atoms. The quantitative estimate of drug-likeness (QED) is 0.454. The van der Waals surface area contributed by atoms with E-state index in [9.17, 15) is 25.3 Å². The monoisotopic (exact) mass is 320 g/mol. The summed E-state index contributed by atoms with van der Waals surface area (Å²) in [7, 11) is 0. The molecule has 0 amide bonds. The van der Waals surface area contributed by atoms with Gasteiger partial charge in [-0.2, -0.15) is 0 Å². The molecule has 0 unspecified atom stereocenters. The number of nitro benzene ring substituents is 2. The fourth-order valence-electron chi connectivity index (χ4n) is 2.04. The molecule has 124 valence electrons. The van der Waals surface area contributed by atoms with E-state index in [0.29, 0.717) is 0 Å². The van der Waals surface area contributed by atoms with Gasteiger partial charge in [-0.3, -0.25) is 20.2 Å². The van der Waals surface area contributed by atoms with Crippen molar-refractivity contribution in [1.82, 2.24) is 0 Å². The Morgan fingerprint density at radius 3 is 2.30 bits per heavy atom. The average molecular weight is 320 g/mol. The predicted octanol–water partition coefficient (Wildman–Crippen LogP) is 4.44. The molecule has 7 nitrogen and oxygen atoms in total. The third kappa shape index (κ3) is 5.54. The minimum absolute atomic E-state index is 0.174. The molecule has 1 aromatic carbocycles. The summed E-state index contributed by atoms with van der Waals surface area (Å²) in [6.07, 6.45) is 5.83. The number of non-ortho nitro benzene ring substituents is 1. The van der Waals surface area contributed by atoms with Crippen LogP contribution in [0.3, 0.4) is 0 Å². The first kappa shape index (κ1) is 18.3. The summed E-state index contributed by atoms with van der Waals surface area (Å²) < 4.78 is 0. The Morgan fingerprint density at radius 1 is 1.13 bits per heavy atom. The highest BCUT2D eigenvalue weighted by molar-refractivity contribution is 5.58. The van der Waals surface area contributed by atoms with Gasteiger partial charge in [0, 0.05) is 11.6 Å². The lowest BCUT2D eigenvalue weighted by Crippen LogP contribution is -1.97. The Balaban J connectivity index is 3.01. The standard InChI is InChI=1S/C16H20N2O5/c1-11(2)5-4-6-12(3)7-8-13-9-14(17(20)21)10-15(16(13)19)18(22)23/h5,7,9-10,19H,4,6,8H2,1-3H3. The molecule has 1 rings (SSSR count). The molecule has 0 aliphatic carbocycles. The third-order valence-corrected chi connectivity index (χ3v) is 3.32. The number of rotatable bonds is 7. The third-order valence-electron chi connectivity index (χ3n) is 3.32. The zero-order valence-electron chi connectivity index (χ0n) is 13.4. The first-order chi connectivity index (χ1) is 10.7. The molecule has 0 aliphatic heterocycles. The van der Waals surface area contributed by atoms with Gasteiger partial charge < -0.3 is 5.11 Å². The maximum Gasteiger partial charge on any atom is 0.317 e. The van der Waals surface area contributed by atoms with E-state index in [-0.39, 0.29) is 12.0 Å². The van der Waals surface area contributed by atoms with Crippen molar-refractivity contribution in [3.63, 3.8) is 0 Å². The highest BCUT2D eigenvalue weighted by Crippen LogP contribution is 2.34. The van der Waals surface area contributed by atoms with Crippen molar-refractivity contribution in [2.75, 3.05) is 0 Å². The van der Waals surface area contributed by atoms with Crippen LogP contribution in [0.25, 0.3) is 0 Å². The van der Waals surface area contributed by atoms with E-state index in [1.807, 2.05) is 26.8 Å². The molecule has 0 saturated heterocycles. The van der Waals surface area contributed by atoms with Crippen molar-refractivity contribution < 1.29 is 15.0 Å². The number of nitro groups is 2. The Bertz CT molecular complexity index is 673. The largest absolute Gasteiger partial charge is 0.502 e. The molecule has 0 aliphatic rings. The fraction of sp³-hybridized carbons (Fsp3) is 0.375. The summed E-state index contributed by atoms with van der Waals surface area (Å²) in [6.45, 7) is 5.94. The van der Waals surface area contributed by atoms with E-state index < -0.39 is 27.0 Å². The van der Waals surface area contributed by atoms with Crippen molar-refractivity contribution in [1.29, 1.82) is 0 Å². The number of phenolic OH excluding ortho intramolecular Hbond substituents is 1. The van der Waals surface area contributed by atoms with Crippen LogP contribution in [0.5, 0.6) is 5.75 Å². The zero-order chi connectivity index (χ0) is 17.6. The lowest BCUT2D eigenvalue weighted by Gasteiger charge is -2.04. The van der Waals surface area contributed by atoms with Crippen LogP contribution in [0.2, 0.25) is 0 Å². The minimum Gasteiger partial charge on any atom is -0.502 e. The first-order valence-corrected chi connectivity index (χ1v) is 7.16. The lowest BCUT2D eigenvalue weighted by molar-refractivity contribution is -0.394. The normalized spacial score (nSPS) is 11.2. The van der Waals surface area contributed by atoms with E-state index >= 15 is 0 Å². The molecule has 0 radical (unpaired) electrons. The van der Waals surface area contributed by atoms with E-state index in [2.05, 4.69) is 6.08 Å². The second-order valence-corrected chi connectivity index (χ2v) is 5.56. The molecule has 0 saturated carbocycles. The van der Waals surface area contributed by atoms with Crippen molar-refractivity contribution in [2.45, 2.75) is 40.0 Å². The van der Waals surface area contributed by atoms with Crippen LogP contribution in [-0.2, 0) is 6.42 Å². The van der Waals surface area contributed by atoms with Gasteiger partial charge in [0.2, 0.25) is 0 Å². The van der Waals surface area contributed by atoms with Gasteiger partial charge in [-0.05, 0) is 40.0 Å². The Morgan fingerprint density at radius 2 is 1.78 bits per heavy atom. The van der Waals surface area contributed by atoms with Gasteiger partial charge in [0.05, 0.1) is 15.9 Å². The van der Waals surface area contributed by atoms with Gasteiger partial charge in [-0.1, -0.05) is 23.3 Å². The van der Waals surface area contributed by atoms with Gasteiger partial charge in [-0.15, -0.1) is 0 Å². The number of hydrogen-bond donors (Lipinski definition) is 1. The molecule has 1 aromatic rings. The number of phenols is 1. The molecule has 1 N–H and O–H groups in total. The Labute approximate surface area is 134 Å². The summed E-state index contributed by atoms with van der Waals surface area (Å²) >= 11 is 0. The predicted molar refractivity (Wildman–Crippen MR) is 87.5 cm³/mol. The van der Waals surface area contributed by atoms with Gasteiger partial charge in [0.1, 0.15) is 0 Å². The molecule has 0 spiro atoms. The van der Waals surface area contributed by atoms with Crippen LogP contribution >= 0.6 is 0 Å².